The van der Waals surface area contributed by atoms with Crippen LogP contribution >= 0.6 is 12.4 Å². The molecule has 8 heteroatoms. The number of amides is 1. The highest BCUT2D eigenvalue weighted by Crippen LogP contribution is 2.31. The summed E-state index contributed by atoms with van der Waals surface area (Å²) in [6, 6.07) is 13.0. The van der Waals surface area contributed by atoms with Crippen molar-refractivity contribution in [2.24, 2.45) is 0 Å². The zero-order valence-corrected chi connectivity index (χ0v) is 19.0. The molecule has 1 aliphatic carbocycles. The van der Waals surface area contributed by atoms with Crippen LogP contribution < -0.4 is 15.4 Å². The minimum Gasteiger partial charge on any atom is -0.511 e. The summed E-state index contributed by atoms with van der Waals surface area (Å²) in [6.45, 7) is 4.56. The fourth-order valence-corrected chi connectivity index (χ4v) is 3.72. The third-order valence-corrected chi connectivity index (χ3v) is 5.35. The van der Waals surface area contributed by atoms with Crippen molar-refractivity contribution in [3.05, 3.63) is 65.8 Å². The Labute approximate surface area is 193 Å². The number of hydrogen-bond acceptors (Lipinski definition) is 5. The van der Waals surface area contributed by atoms with Crippen LogP contribution in [0.15, 0.2) is 54.4 Å². The second-order valence-corrected chi connectivity index (χ2v) is 7.59. The monoisotopic (exact) mass is 456 g/mol. The molecule has 170 valence electrons. The second kappa shape index (κ2) is 11.0. The number of aliphatic hydroxyl groups is 1. The lowest BCUT2D eigenvalue weighted by Gasteiger charge is -2.16. The first-order valence-electron chi connectivity index (χ1n) is 10.8. The van der Waals surface area contributed by atoms with Crippen LogP contribution in [-0.2, 0) is 11.2 Å². The van der Waals surface area contributed by atoms with Crippen LogP contribution in [0.3, 0.4) is 0 Å². The number of nitrogens with zero attached hydrogens (tertiary/aromatic N) is 2. The summed E-state index contributed by atoms with van der Waals surface area (Å²) in [4.78, 5) is 17.6. The van der Waals surface area contributed by atoms with Gasteiger partial charge in [0.1, 0.15) is 35.0 Å². The molecule has 2 heterocycles. The lowest BCUT2D eigenvalue weighted by molar-refractivity contribution is -0.111. The summed E-state index contributed by atoms with van der Waals surface area (Å²) in [5.74, 6) is 0.456. The number of aromatic nitrogens is 2. The van der Waals surface area contributed by atoms with Gasteiger partial charge in [-0.05, 0) is 55.8 Å². The number of ether oxygens (including phenoxy) is 1. The average Bonchev–Trinajstić information content (AvgIpc) is 3.15. The average molecular weight is 457 g/mol. The van der Waals surface area contributed by atoms with E-state index >= 15 is 0 Å². The van der Waals surface area contributed by atoms with Gasteiger partial charge < -0.3 is 24.9 Å². The van der Waals surface area contributed by atoms with E-state index in [4.69, 9.17) is 4.74 Å². The van der Waals surface area contributed by atoms with Gasteiger partial charge >= 0.3 is 0 Å². The van der Waals surface area contributed by atoms with E-state index in [1.54, 1.807) is 12.1 Å². The highest BCUT2D eigenvalue weighted by Gasteiger charge is 2.28. The summed E-state index contributed by atoms with van der Waals surface area (Å²) in [6.07, 6.45) is 5.32. The quantitative estimate of drug-likeness (QED) is 0.416. The molecule has 3 N–H and O–H groups in total. The minimum atomic E-state index is -0.365. The molecular formula is C24H29ClN4O3. The molecule has 32 heavy (non-hydrogen) atoms. The molecule has 0 saturated carbocycles. The molecule has 3 aromatic rings. The van der Waals surface area contributed by atoms with Crippen molar-refractivity contribution in [3.63, 3.8) is 0 Å². The van der Waals surface area contributed by atoms with E-state index in [1.807, 2.05) is 40.9 Å². The number of anilines is 1. The molecule has 0 atom stereocenters. The van der Waals surface area contributed by atoms with Crippen molar-refractivity contribution in [1.82, 2.24) is 14.7 Å². The van der Waals surface area contributed by atoms with Gasteiger partial charge in [-0.2, -0.15) is 0 Å². The summed E-state index contributed by atoms with van der Waals surface area (Å²) < 4.78 is 7.69. The maximum Gasteiger partial charge on any atom is 0.261 e. The largest absolute Gasteiger partial charge is 0.511 e. The summed E-state index contributed by atoms with van der Waals surface area (Å²) in [5, 5.41) is 16.7. The third kappa shape index (κ3) is 5.23. The third-order valence-electron chi connectivity index (χ3n) is 5.35. The standard InChI is InChI=1S/C24H28N4O3.ClH/c1-2-3-13-25-14-16-31-18-9-7-17(8-10-18)26-24(30)22-20(29)12-11-19-23(22)27-21-6-4-5-15-28(19)21;/h4-10,15,25,29H,2-3,11-14,16H2,1H3,(H,26,30);1H. The molecule has 0 fully saturated rings. The molecule has 0 spiro atoms. The van der Waals surface area contributed by atoms with E-state index < -0.39 is 0 Å². The zero-order valence-electron chi connectivity index (χ0n) is 18.1. The number of fused-ring (bicyclic) bond motifs is 3. The number of benzene rings is 1. The number of rotatable bonds is 9. The minimum absolute atomic E-state index is 0. The molecule has 0 unspecified atom stereocenters. The molecule has 1 aromatic carbocycles. The highest BCUT2D eigenvalue weighted by molar-refractivity contribution is 6.26. The fraction of sp³-hybridized carbons (Fsp3) is 0.333. The van der Waals surface area contributed by atoms with Crippen LogP contribution in [0.5, 0.6) is 5.75 Å². The molecule has 1 amide bonds. The van der Waals surface area contributed by atoms with Crippen molar-refractivity contribution in [2.45, 2.75) is 32.6 Å². The van der Waals surface area contributed by atoms with Gasteiger partial charge in [-0.25, -0.2) is 4.98 Å². The van der Waals surface area contributed by atoms with Crippen LogP contribution in [0.25, 0.3) is 11.2 Å². The van der Waals surface area contributed by atoms with Crippen molar-refractivity contribution >= 4 is 35.2 Å². The van der Waals surface area contributed by atoms with Gasteiger partial charge in [0.2, 0.25) is 0 Å². The Morgan fingerprint density at radius 2 is 1.97 bits per heavy atom. The molecule has 0 aliphatic heterocycles. The van der Waals surface area contributed by atoms with Crippen LogP contribution in [-0.4, -0.2) is 40.1 Å². The number of allylic oxidation sites excluding steroid dienone is 1. The smallest absolute Gasteiger partial charge is 0.261 e. The van der Waals surface area contributed by atoms with Gasteiger partial charge in [0.25, 0.3) is 5.91 Å². The van der Waals surface area contributed by atoms with E-state index in [-0.39, 0.29) is 29.6 Å². The number of pyridine rings is 1. The first-order valence-corrected chi connectivity index (χ1v) is 10.8. The van der Waals surface area contributed by atoms with Crippen molar-refractivity contribution in [1.29, 1.82) is 0 Å². The van der Waals surface area contributed by atoms with Crippen molar-refractivity contribution in [2.75, 3.05) is 25.0 Å². The van der Waals surface area contributed by atoms with Gasteiger partial charge in [0.05, 0.1) is 5.69 Å². The van der Waals surface area contributed by atoms with Gasteiger partial charge in [-0.1, -0.05) is 19.4 Å². The summed E-state index contributed by atoms with van der Waals surface area (Å²) in [7, 11) is 0. The van der Waals surface area contributed by atoms with Crippen LogP contribution in [0, 0.1) is 0 Å². The molecule has 4 rings (SSSR count). The maximum absolute atomic E-state index is 13.0. The Bertz CT molecular complexity index is 1090. The zero-order chi connectivity index (χ0) is 21.6. The Kier molecular flexibility index (Phi) is 8.14. The maximum atomic E-state index is 13.0. The number of aryl methyl sites for hydroxylation is 1. The van der Waals surface area contributed by atoms with E-state index in [0.29, 0.717) is 30.8 Å². The Morgan fingerprint density at radius 1 is 1.16 bits per heavy atom. The first-order chi connectivity index (χ1) is 15.2. The lowest BCUT2D eigenvalue weighted by Crippen LogP contribution is -2.22. The topological polar surface area (TPSA) is 87.9 Å². The van der Waals surface area contributed by atoms with E-state index in [0.717, 1.165) is 36.6 Å². The fourth-order valence-electron chi connectivity index (χ4n) is 3.72. The van der Waals surface area contributed by atoms with E-state index in [9.17, 15) is 9.90 Å². The van der Waals surface area contributed by atoms with Gasteiger partial charge in [0, 0.05) is 24.8 Å². The number of unbranched alkanes of at least 4 members (excludes halogenated alkanes) is 1. The summed E-state index contributed by atoms with van der Waals surface area (Å²) in [5.41, 5.74) is 3.12. The number of carbonyl (C=O) groups is 1. The van der Waals surface area contributed by atoms with Crippen LogP contribution in [0.2, 0.25) is 0 Å². The van der Waals surface area contributed by atoms with Crippen molar-refractivity contribution in [3.8, 4) is 5.75 Å². The van der Waals surface area contributed by atoms with E-state index in [2.05, 4.69) is 22.5 Å². The Hall–Kier alpha value is -3.03. The molecule has 0 bridgehead atoms. The first kappa shape index (κ1) is 23.6. The molecule has 0 saturated heterocycles. The normalized spacial score (nSPS) is 12.9. The summed E-state index contributed by atoms with van der Waals surface area (Å²) >= 11 is 0. The Balaban J connectivity index is 0.00000289. The number of halogens is 1. The number of carbonyl (C=O) groups excluding carboxylic acids is 1. The number of nitrogens with one attached hydrogen (secondary N) is 2. The predicted octanol–water partition coefficient (Wildman–Crippen LogP) is 4.38. The van der Waals surface area contributed by atoms with E-state index in [1.165, 1.54) is 6.42 Å². The van der Waals surface area contributed by atoms with Crippen LogP contribution in [0.4, 0.5) is 5.69 Å². The Morgan fingerprint density at radius 3 is 2.75 bits per heavy atom. The van der Waals surface area contributed by atoms with Gasteiger partial charge in [0.15, 0.2) is 0 Å². The number of hydrogen-bond donors (Lipinski definition) is 3. The van der Waals surface area contributed by atoms with Gasteiger partial charge in [-0.15, -0.1) is 12.4 Å². The number of imidazole rings is 1. The number of aliphatic hydroxyl groups excluding tert-OH is 1. The van der Waals surface area contributed by atoms with Gasteiger partial charge in [-0.3, -0.25) is 4.79 Å². The molecule has 0 radical (unpaired) electrons. The van der Waals surface area contributed by atoms with Crippen LogP contribution in [0.1, 0.15) is 37.6 Å². The SMILES string of the molecule is CCCCNCCOc1ccc(NC(=O)C2=C(O)CCc3c2nc2ccccn32)cc1.Cl. The second-order valence-electron chi connectivity index (χ2n) is 7.59. The lowest BCUT2D eigenvalue weighted by atomic mass is 9.97. The molecular weight excluding hydrogens is 428 g/mol. The molecule has 1 aliphatic rings. The predicted molar refractivity (Wildman–Crippen MR) is 129 cm³/mol. The molecule has 7 nitrogen and oxygen atoms in total. The molecule has 2 aromatic heterocycles. The van der Waals surface area contributed by atoms with Crippen molar-refractivity contribution < 1.29 is 14.6 Å². The highest BCUT2D eigenvalue weighted by atomic mass is 35.5.